The van der Waals surface area contributed by atoms with E-state index in [9.17, 15) is 0 Å². The Morgan fingerprint density at radius 2 is 0.420 bits per heavy atom. The highest BCUT2D eigenvalue weighted by atomic mass is 35.5. The average molecular weight is 1350 g/mol. The number of hydrogen-bond donors (Lipinski definition) is 2. The molecule has 0 fully saturated rings. The number of aromatic amines is 2. The Balaban J connectivity index is 1.43. The van der Waals surface area contributed by atoms with Crippen LogP contribution in [0.3, 0.4) is 0 Å². The first-order valence-corrected chi connectivity index (χ1v) is 33.8. The summed E-state index contributed by atoms with van der Waals surface area (Å²) in [5.74, 6) is 8.32. The van der Waals surface area contributed by atoms with Crippen LogP contribution in [0.15, 0.2) is 97.1 Å². The quantitative estimate of drug-likeness (QED) is 0.0289. The van der Waals surface area contributed by atoms with E-state index in [1.165, 1.54) is 0 Å². The molecule has 7 aromatic rings. The molecule has 0 atom stereocenters. The van der Waals surface area contributed by atoms with Crippen LogP contribution < -0.4 is 37.9 Å². The first kappa shape index (κ1) is 66.6. The van der Waals surface area contributed by atoms with Gasteiger partial charge < -0.3 is 47.9 Å². The molecule has 4 aromatic carbocycles. The number of halogens is 8. The lowest BCUT2D eigenvalue weighted by Gasteiger charge is -2.14. The minimum absolute atomic E-state index is 0.396. The van der Waals surface area contributed by atoms with Crippen molar-refractivity contribution in [3.63, 3.8) is 0 Å². The summed E-state index contributed by atoms with van der Waals surface area (Å²) in [6, 6.07) is 31.8. The molecule has 2 aliphatic heterocycles. The lowest BCUT2D eigenvalue weighted by molar-refractivity contribution is 0.302. The predicted molar refractivity (Wildman–Crippen MR) is 367 cm³/mol. The molecule has 2 aliphatic rings. The van der Waals surface area contributed by atoms with E-state index in [0.717, 1.165) is 66.6 Å². The second kappa shape index (κ2) is 35.0. The Kier molecular flexibility index (Phi) is 26.5. The molecule has 20 heteroatoms. The van der Waals surface area contributed by atoms with Crippen LogP contribution in [-0.2, 0) is 0 Å². The molecule has 88 heavy (non-hydrogen) atoms. The van der Waals surface area contributed by atoms with Crippen LogP contribution in [0.4, 0.5) is 0 Å². The fourth-order valence-electron chi connectivity index (χ4n) is 9.91. The first-order chi connectivity index (χ1) is 43.3. The van der Waals surface area contributed by atoms with Crippen LogP contribution in [-0.4, -0.2) is 120 Å². The molecule has 0 radical (unpaired) electrons. The molecular formula is C68H70Cl8N4O8. The van der Waals surface area contributed by atoms with Gasteiger partial charge in [-0.1, -0.05) is 0 Å². The van der Waals surface area contributed by atoms with E-state index in [1.54, 1.807) is 0 Å². The Morgan fingerprint density at radius 3 is 0.580 bits per heavy atom. The molecule has 0 amide bonds. The molecule has 9 rings (SSSR count). The highest BCUT2D eigenvalue weighted by molar-refractivity contribution is 6.19. The summed E-state index contributed by atoms with van der Waals surface area (Å²) in [7, 11) is 0. The Bertz CT molecular complexity index is 3090. The van der Waals surface area contributed by atoms with E-state index in [-0.39, 0.29) is 0 Å². The first-order valence-electron chi connectivity index (χ1n) is 29.5. The number of hydrogen-bond acceptors (Lipinski definition) is 10. The van der Waals surface area contributed by atoms with Gasteiger partial charge in [0.05, 0.1) is 75.6 Å². The van der Waals surface area contributed by atoms with Gasteiger partial charge in [-0.15, -0.1) is 92.8 Å². The number of alkyl halides is 8. The van der Waals surface area contributed by atoms with E-state index < -0.39 is 0 Å². The van der Waals surface area contributed by atoms with E-state index in [4.69, 9.17) is 141 Å². The average Bonchev–Trinajstić information content (AvgIpc) is 2.92. The summed E-state index contributed by atoms with van der Waals surface area (Å²) < 4.78 is 51.2. The molecule has 0 saturated carbocycles. The summed E-state index contributed by atoms with van der Waals surface area (Å²) in [6.07, 6.45) is 13.3. The molecular weight excluding hydrogens is 1280 g/mol. The third kappa shape index (κ3) is 18.2. The fraction of sp³-hybridized carbons (Fsp3) is 0.353. The number of fused-ring (bicyclic) bond motifs is 8. The van der Waals surface area contributed by atoms with Crippen LogP contribution in [0.25, 0.3) is 90.9 Å². The van der Waals surface area contributed by atoms with Crippen molar-refractivity contribution in [1.29, 1.82) is 0 Å². The second-order valence-corrected chi connectivity index (χ2v) is 23.4. The van der Waals surface area contributed by atoms with Gasteiger partial charge in [0, 0.05) is 116 Å². The smallest absolute Gasteiger partial charge is 0.123 e. The van der Waals surface area contributed by atoms with E-state index >= 15 is 0 Å². The molecule has 0 saturated heterocycles. The molecule has 2 N–H and O–H groups in total. The second-order valence-electron chi connectivity index (χ2n) is 20.4. The number of nitrogens with one attached hydrogen (secondary N) is 2. The fourth-order valence-corrected chi connectivity index (χ4v) is 10.8. The highest BCUT2D eigenvalue weighted by Crippen LogP contribution is 2.43. The lowest BCUT2D eigenvalue weighted by Crippen LogP contribution is -2.02. The zero-order valence-electron chi connectivity index (χ0n) is 48.7. The molecule has 3 aromatic heterocycles. The zero-order chi connectivity index (χ0) is 61.5. The van der Waals surface area contributed by atoms with Crippen molar-refractivity contribution in [2.24, 2.45) is 0 Å². The van der Waals surface area contributed by atoms with Crippen LogP contribution in [0.2, 0.25) is 0 Å². The van der Waals surface area contributed by atoms with E-state index in [2.05, 4.69) is 34.2 Å². The van der Waals surface area contributed by atoms with Crippen molar-refractivity contribution < 1.29 is 37.9 Å². The van der Waals surface area contributed by atoms with Gasteiger partial charge in [-0.2, -0.15) is 0 Å². The van der Waals surface area contributed by atoms with Gasteiger partial charge in [0.2, 0.25) is 0 Å². The van der Waals surface area contributed by atoms with Crippen molar-refractivity contribution in [2.45, 2.75) is 51.4 Å². The van der Waals surface area contributed by atoms with Crippen molar-refractivity contribution >= 4 is 139 Å². The molecule has 466 valence electrons. The highest BCUT2D eigenvalue weighted by Gasteiger charge is 2.23. The molecule has 12 nitrogen and oxygen atoms in total. The van der Waals surface area contributed by atoms with E-state index in [1.807, 2.05) is 97.1 Å². The van der Waals surface area contributed by atoms with Gasteiger partial charge in [0.1, 0.15) is 46.0 Å². The molecule has 8 bridgehead atoms. The SMILES string of the molecule is ClCCCOc1cc(OCCCCl)cc(-c2c3nc(c(-c4cc(OCCCCl)cc(OCCCCl)c4)c4ccc([nH]4)c(-c4cc(OCCCCl)cc(OCCCCl)c4)c4nc(c(-c5cc(OCCCCl)cc(OCCCCl)c5)c5ccc2[nH]5)C=C4)C=C3)c1. The Labute approximate surface area is 554 Å². The maximum Gasteiger partial charge on any atom is 0.123 e. The van der Waals surface area contributed by atoms with Gasteiger partial charge in [0.25, 0.3) is 0 Å². The van der Waals surface area contributed by atoms with Crippen molar-refractivity contribution in [2.75, 3.05) is 99.9 Å². The number of ether oxygens (including phenoxy) is 8. The maximum absolute atomic E-state index is 6.40. The van der Waals surface area contributed by atoms with Crippen molar-refractivity contribution in [1.82, 2.24) is 19.9 Å². The van der Waals surface area contributed by atoms with Crippen LogP contribution in [0.5, 0.6) is 46.0 Å². The van der Waals surface area contributed by atoms with Crippen molar-refractivity contribution in [3.8, 4) is 90.5 Å². The molecule has 0 unspecified atom stereocenters. The largest absolute Gasteiger partial charge is 0.493 e. The van der Waals surface area contributed by atoms with Gasteiger partial charge in [-0.25, -0.2) is 9.97 Å². The minimum Gasteiger partial charge on any atom is -0.493 e. The summed E-state index contributed by atoms with van der Waals surface area (Å²) in [5.41, 5.74) is 11.7. The zero-order valence-corrected chi connectivity index (χ0v) is 54.7. The normalized spacial score (nSPS) is 11.7. The van der Waals surface area contributed by atoms with Gasteiger partial charge in [-0.3, -0.25) is 0 Å². The number of nitrogens with zero attached hydrogens (tertiary/aromatic N) is 2. The van der Waals surface area contributed by atoms with Gasteiger partial charge >= 0.3 is 0 Å². The number of rotatable bonds is 36. The Morgan fingerprint density at radius 1 is 0.250 bits per heavy atom. The number of aromatic nitrogens is 4. The topological polar surface area (TPSA) is 131 Å². The van der Waals surface area contributed by atoms with Crippen molar-refractivity contribution in [3.05, 3.63) is 120 Å². The van der Waals surface area contributed by atoms with E-state index in [0.29, 0.717) is 220 Å². The minimum atomic E-state index is 0.396. The number of benzene rings is 4. The lowest BCUT2D eigenvalue weighted by atomic mass is 10.0. The van der Waals surface area contributed by atoms with Gasteiger partial charge in [0.15, 0.2) is 0 Å². The predicted octanol–water partition coefficient (Wildman–Crippen LogP) is 19.4. The molecule has 5 heterocycles. The maximum atomic E-state index is 6.40. The summed E-state index contributed by atoms with van der Waals surface area (Å²) in [5, 5.41) is 0. The standard InChI is InChI=1S/C68H70Cl8N4O8/c69-17-1-25-81-49-33-45(34-50(41-49)82-26-2-18-70)65-57-9-11-59(77-57)66(46-35-51(83-27-3-19-71)42-52(36-46)84-28-4-20-72)61-13-15-63(79-61)68(48-39-55(87-31-7-23-75)44-56(40-48)88-32-8-24-76)64-16-14-62(80-64)67(60-12-10-58(65)78-60)47-37-53(85-29-5-21-73)43-54(38-47)86-30-6-22-74/h9-16,33-44,77,80H,1-8,17-32H2. The van der Waals surface area contributed by atoms with Crippen LogP contribution in [0, 0.1) is 0 Å². The van der Waals surface area contributed by atoms with Crippen LogP contribution >= 0.6 is 92.8 Å². The third-order valence-electron chi connectivity index (χ3n) is 13.8. The molecule has 0 spiro atoms. The number of H-pyrrole nitrogens is 2. The summed E-state index contributed by atoms with van der Waals surface area (Å²) in [6.45, 7) is 3.17. The Hall–Kier alpha value is -5.80. The van der Waals surface area contributed by atoms with Gasteiger partial charge in [-0.05, 0) is 171 Å². The monoisotopic (exact) mass is 1350 g/mol. The summed E-state index contributed by atoms with van der Waals surface area (Å²) in [4.78, 5) is 19.0. The third-order valence-corrected chi connectivity index (χ3v) is 15.9. The summed E-state index contributed by atoms with van der Waals surface area (Å²) >= 11 is 49.4. The molecule has 0 aliphatic carbocycles. The van der Waals surface area contributed by atoms with Crippen LogP contribution in [0.1, 0.15) is 74.1 Å².